The number of rotatable bonds is 1. The molecular formula is C14H18ClFN2. The molecule has 1 saturated carbocycles. The Labute approximate surface area is 112 Å². The van der Waals surface area contributed by atoms with E-state index in [1.54, 1.807) is 6.07 Å². The van der Waals surface area contributed by atoms with E-state index in [9.17, 15) is 4.39 Å². The van der Waals surface area contributed by atoms with E-state index in [1.807, 2.05) is 0 Å². The summed E-state index contributed by atoms with van der Waals surface area (Å²) in [5.74, 6) is -0.369. The van der Waals surface area contributed by atoms with Crippen LogP contribution in [0, 0.1) is 11.2 Å². The Bertz CT molecular complexity index is 469. The minimum absolute atomic E-state index is 0.159. The number of hydrogen-bond donors (Lipinski definition) is 1. The molecule has 0 unspecified atom stereocenters. The van der Waals surface area contributed by atoms with Gasteiger partial charge in [-0.1, -0.05) is 24.4 Å². The van der Waals surface area contributed by atoms with Crippen molar-refractivity contribution in [3.63, 3.8) is 0 Å². The molecule has 1 spiro atoms. The van der Waals surface area contributed by atoms with E-state index in [4.69, 9.17) is 17.3 Å². The zero-order valence-electron chi connectivity index (χ0n) is 10.4. The molecule has 0 bridgehead atoms. The van der Waals surface area contributed by atoms with Crippen LogP contribution in [0.4, 0.5) is 15.8 Å². The summed E-state index contributed by atoms with van der Waals surface area (Å²) in [4.78, 5) is 2.09. The maximum absolute atomic E-state index is 14.1. The first-order chi connectivity index (χ1) is 8.61. The van der Waals surface area contributed by atoms with Gasteiger partial charge < -0.3 is 10.6 Å². The molecule has 0 atom stereocenters. The molecule has 1 aromatic carbocycles. The highest BCUT2D eigenvalue weighted by molar-refractivity contribution is 6.31. The average Bonchev–Trinajstić information content (AvgIpc) is 2.96. The molecule has 4 heteroatoms. The molecule has 2 N–H and O–H groups in total. The molecule has 98 valence electrons. The maximum atomic E-state index is 14.1. The monoisotopic (exact) mass is 268 g/mol. The molecule has 1 heterocycles. The second kappa shape index (κ2) is 4.30. The van der Waals surface area contributed by atoms with Crippen molar-refractivity contribution >= 4 is 23.0 Å². The summed E-state index contributed by atoms with van der Waals surface area (Å²) in [6.07, 6.45) is 6.30. The minimum Gasteiger partial charge on any atom is -0.397 e. The fourth-order valence-corrected chi connectivity index (χ4v) is 3.69. The Kier molecular flexibility index (Phi) is 2.89. The lowest BCUT2D eigenvalue weighted by Crippen LogP contribution is -2.26. The van der Waals surface area contributed by atoms with Gasteiger partial charge in [0.15, 0.2) is 5.82 Å². The molecule has 0 aromatic heterocycles. The molecule has 1 aliphatic heterocycles. The third-order valence-electron chi connectivity index (χ3n) is 4.52. The van der Waals surface area contributed by atoms with Crippen LogP contribution in [0.2, 0.25) is 5.02 Å². The number of anilines is 2. The van der Waals surface area contributed by atoms with Crippen LogP contribution in [0.5, 0.6) is 0 Å². The van der Waals surface area contributed by atoms with Gasteiger partial charge in [-0.05, 0) is 36.8 Å². The van der Waals surface area contributed by atoms with Crippen LogP contribution in [0.1, 0.15) is 32.1 Å². The highest BCUT2D eigenvalue weighted by Crippen LogP contribution is 2.47. The van der Waals surface area contributed by atoms with Crippen LogP contribution >= 0.6 is 11.6 Å². The lowest BCUT2D eigenvalue weighted by Gasteiger charge is -2.26. The van der Waals surface area contributed by atoms with E-state index in [0.717, 1.165) is 19.5 Å². The van der Waals surface area contributed by atoms with Crippen LogP contribution < -0.4 is 10.6 Å². The van der Waals surface area contributed by atoms with E-state index in [0.29, 0.717) is 16.8 Å². The van der Waals surface area contributed by atoms with Crippen LogP contribution in [-0.4, -0.2) is 13.1 Å². The number of nitrogens with zero attached hydrogens (tertiary/aromatic N) is 1. The summed E-state index contributed by atoms with van der Waals surface area (Å²) in [5, 5.41) is 0.159. The van der Waals surface area contributed by atoms with Gasteiger partial charge in [-0.2, -0.15) is 0 Å². The zero-order valence-corrected chi connectivity index (χ0v) is 11.1. The van der Waals surface area contributed by atoms with Gasteiger partial charge in [0.05, 0.1) is 16.4 Å². The molecule has 2 nitrogen and oxygen atoms in total. The van der Waals surface area contributed by atoms with Crippen LogP contribution in [-0.2, 0) is 0 Å². The Morgan fingerprint density at radius 3 is 2.67 bits per heavy atom. The first kappa shape index (κ1) is 12.1. The highest BCUT2D eigenvalue weighted by atomic mass is 35.5. The number of halogens is 2. The molecule has 0 radical (unpaired) electrons. The summed E-state index contributed by atoms with van der Waals surface area (Å²) in [6, 6.07) is 3.22. The summed E-state index contributed by atoms with van der Waals surface area (Å²) in [7, 11) is 0. The highest BCUT2D eigenvalue weighted by Gasteiger charge is 2.41. The van der Waals surface area contributed by atoms with E-state index >= 15 is 0 Å². The second-order valence-corrected chi connectivity index (χ2v) is 6.09. The standard InChI is InChI=1S/C14H18ClFN2/c15-10-3-4-11(17)13(12(10)16)18-8-7-14(9-18)5-1-2-6-14/h3-4H,1-2,5-9,17H2. The summed E-state index contributed by atoms with van der Waals surface area (Å²) in [5.41, 5.74) is 7.32. The largest absolute Gasteiger partial charge is 0.397 e. The van der Waals surface area contributed by atoms with Crippen molar-refractivity contribution in [2.75, 3.05) is 23.7 Å². The van der Waals surface area contributed by atoms with Crippen molar-refractivity contribution in [1.82, 2.24) is 0 Å². The van der Waals surface area contributed by atoms with Crippen LogP contribution in [0.3, 0.4) is 0 Å². The third-order valence-corrected chi connectivity index (χ3v) is 4.81. The Morgan fingerprint density at radius 2 is 1.94 bits per heavy atom. The molecule has 2 aliphatic rings. The fraction of sp³-hybridized carbons (Fsp3) is 0.571. The Balaban J connectivity index is 1.91. The summed E-state index contributed by atoms with van der Waals surface area (Å²) >= 11 is 5.86. The van der Waals surface area contributed by atoms with Crippen molar-refractivity contribution in [3.05, 3.63) is 23.0 Å². The van der Waals surface area contributed by atoms with Gasteiger partial charge in [0.25, 0.3) is 0 Å². The minimum atomic E-state index is -0.369. The van der Waals surface area contributed by atoms with Crippen molar-refractivity contribution in [2.24, 2.45) is 5.41 Å². The molecule has 1 aliphatic carbocycles. The molecule has 1 aromatic rings. The third kappa shape index (κ3) is 1.85. The Morgan fingerprint density at radius 1 is 1.22 bits per heavy atom. The quantitative estimate of drug-likeness (QED) is 0.785. The number of nitrogen functional groups attached to an aromatic ring is 1. The lowest BCUT2D eigenvalue weighted by atomic mass is 9.86. The lowest BCUT2D eigenvalue weighted by molar-refractivity contribution is 0.340. The van der Waals surface area contributed by atoms with Crippen molar-refractivity contribution in [3.8, 4) is 0 Å². The number of benzene rings is 1. The molecule has 1 saturated heterocycles. The van der Waals surface area contributed by atoms with Crippen molar-refractivity contribution in [1.29, 1.82) is 0 Å². The van der Waals surface area contributed by atoms with Gasteiger partial charge in [0, 0.05) is 13.1 Å². The molecule has 3 rings (SSSR count). The number of nitrogens with two attached hydrogens (primary N) is 1. The molecule has 0 amide bonds. The van der Waals surface area contributed by atoms with E-state index in [2.05, 4.69) is 4.90 Å². The Hall–Kier alpha value is -0.960. The topological polar surface area (TPSA) is 29.3 Å². The van der Waals surface area contributed by atoms with Gasteiger partial charge in [0.1, 0.15) is 0 Å². The normalized spacial score (nSPS) is 22.0. The zero-order chi connectivity index (χ0) is 12.8. The van der Waals surface area contributed by atoms with Gasteiger partial charge in [-0.15, -0.1) is 0 Å². The van der Waals surface area contributed by atoms with Gasteiger partial charge in [0.2, 0.25) is 0 Å². The van der Waals surface area contributed by atoms with Gasteiger partial charge >= 0.3 is 0 Å². The maximum Gasteiger partial charge on any atom is 0.167 e. The van der Waals surface area contributed by atoms with Gasteiger partial charge in [-0.25, -0.2) is 4.39 Å². The fourth-order valence-electron chi connectivity index (χ4n) is 3.54. The second-order valence-electron chi connectivity index (χ2n) is 5.68. The predicted octanol–water partition coefficient (Wildman–Crippen LogP) is 3.83. The molecular weight excluding hydrogens is 251 g/mol. The summed E-state index contributed by atoms with van der Waals surface area (Å²) in [6.45, 7) is 1.82. The van der Waals surface area contributed by atoms with Crippen molar-refractivity contribution < 1.29 is 4.39 Å². The molecule has 18 heavy (non-hydrogen) atoms. The van der Waals surface area contributed by atoms with E-state index < -0.39 is 0 Å². The van der Waals surface area contributed by atoms with E-state index in [-0.39, 0.29) is 10.8 Å². The average molecular weight is 269 g/mol. The SMILES string of the molecule is Nc1ccc(Cl)c(F)c1N1CCC2(CCCC2)C1. The predicted molar refractivity (Wildman–Crippen MR) is 73.6 cm³/mol. The van der Waals surface area contributed by atoms with Crippen LogP contribution in [0.25, 0.3) is 0 Å². The first-order valence-corrected chi connectivity index (χ1v) is 6.98. The molecule has 2 fully saturated rings. The smallest absolute Gasteiger partial charge is 0.167 e. The number of hydrogen-bond acceptors (Lipinski definition) is 2. The first-order valence-electron chi connectivity index (χ1n) is 6.60. The van der Waals surface area contributed by atoms with Crippen LogP contribution in [0.15, 0.2) is 12.1 Å². The van der Waals surface area contributed by atoms with Crippen molar-refractivity contribution in [2.45, 2.75) is 32.1 Å². The van der Waals surface area contributed by atoms with E-state index in [1.165, 1.54) is 31.7 Å². The summed E-state index contributed by atoms with van der Waals surface area (Å²) < 4.78 is 14.1. The van der Waals surface area contributed by atoms with Gasteiger partial charge in [-0.3, -0.25) is 0 Å².